The third-order valence-corrected chi connectivity index (χ3v) is 2.87. The van der Waals surface area contributed by atoms with E-state index in [1.165, 1.54) is 0 Å². The molecule has 0 aliphatic rings. The molecule has 0 aliphatic carbocycles. The number of hydrogen-bond donors (Lipinski definition) is 3. The fourth-order valence-corrected chi connectivity index (χ4v) is 1.72. The summed E-state index contributed by atoms with van der Waals surface area (Å²) < 4.78 is 0. The third-order valence-electron chi connectivity index (χ3n) is 2.87. The van der Waals surface area contributed by atoms with Crippen molar-refractivity contribution in [2.45, 2.75) is 64.8 Å². The van der Waals surface area contributed by atoms with Gasteiger partial charge < -0.3 is 15.7 Å². The van der Waals surface area contributed by atoms with Crippen molar-refractivity contribution in [1.29, 1.82) is 0 Å². The van der Waals surface area contributed by atoms with Crippen molar-refractivity contribution in [3.8, 4) is 0 Å². The summed E-state index contributed by atoms with van der Waals surface area (Å²) in [5.74, 6) is -1.56. The maximum Gasteiger partial charge on any atom is 0.326 e. The molecule has 2 amide bonds. The van der Waals surface area contributed by atoms with Gasteiger partial charge >= 0.3 is 5.97 Å². The molecule has 6 nitrogen and oxygen atoms in total. The second kappa shape index (κ2) is 11.3. The van der Waals surface area contributed by atoms with Crippen molar-refractivity contribution in [1.82, 2.24) is 10.6 Å². The van der Waals surface area contributed by atoms with E-state index in [0.29, 0.717) is 19.4 Å². The highest BCUT2D eigenvalue weighted by molar-refractivity contribution is 5.84. The van der Waals surface area contributed by atoms with Gasteiger partial charge in [0.2, 0.25) is 11.8 Å². The Kier molecular flexibility index (Phi) is 10.4. The SMILES string of the molecule is CCCCCNC(=O)CCC(NC(=O)CCC)C(=O)O. The molecule has 1 atom stereocenters. The molecule has 3 N–H and O–H groups in total. The summed E-state index contributed by atoms with van der Waals surface area (Å²) in [6.07, 6.45) is 4.26. The first-order valence-electron chi connectivity index (χ1n) is 7.30. The zero-order valence-corrected chi connectivity index (χ0v) is 12.4. The van der Waals surface area contributed by atoms with Gasteiger partial charge in [0, 0.05) is 19.4 Å². The van der Waals surface area contributed by atoms with E-state index in [-0.39, 0.29) is 24.7 Å². The molecule has 1 unspecified atom stereocenters. The minimum atomic E-state index is -1.10. The zero-order chi connectivity index (χ0) is 15.4. The monoisotopic (exact) mass is 286 g/mol. The van der Waals surface area contributed by atoms with E-state index in [1.54, 1.807) is 0 Å². The lowest BCUT2D eigenvalue weighted by Gasteiger charge is -2.14. The Morgan fingerprint density at radius 2 is 1.70 bits per heavy atom. The molecule has 0 heterocycles. The first kappa shape index (κ1) is 18.4. The quantitative estimate of drug-likeness (QED) is 0.501. The zero-order valence-electron chi connectivity index (χ0n) is 12.4. The van der Waals surface area contributed by atoms with Crippen LogP contribution in [0.1, 0.15) is 58.8 Å². The average Bonchev–Trinajstić information content (AvgIpc) is 2.39. The molecule has 20 heavy (non-hydrogen) atoms. The highest BCUT2D eigenvalue weighted by atomic mass is 16.4. The Morgan fingerprint density at radius 1 is 1.00 bits per heavy atom. The van der Waals surface area contributed by atoms with Crippen LogP contribution in [-0.2, 0) is 14.4 Å². The van der Waals surface area contributed by atoms with E-state index in [1.807, 2.05) is 6.92 Å². The number of hydrogen-bond acceptors (Lipinski definition) is 3. The number of carboxylic acids is 1. The van der Waals surface area contributed by atoms with Crippen LogP contribution in [0.5, 0.6) is 0 Å². The molecular weight excluding hydrogens is 260 g/mol. The number of aliphatic carboxylic acids is 1. The maximum atomic E-state index is 11.5. The molecule has 0 rings (SSSR count). The Balaban J connectivity index is 3.98. The summed E-state index contributed by atoms with van der Waals surface area (Å²) in [5.41, 5.74) is 0. The molecule has 0 aromatic carbocycles. The summed E-state index contributed by atoms with van der Waals surface area (Å²) >= 11 is 0. The highest BCUT2D eigenvalue weighted by Crippen LogP contribution is 2.00. The van der Waals surface area contributed by atoms with Gasteiger partial charge in [-0.3, -0.25) is 9.59 Å². The van der Waals surface area contributed by atoms with E-state index in [4.69, 9.17) is 5.11 Å². The third kappa shape index (κ3) is 9.35. The van der Waals surface area contributed by atoms with Crippen molar-refractivity contribution in [2.24, 2.45) is 0 Å². The van der Waals surface area contributed by atoms with E-state index >= 15 is 0 Å². The van der Waals surface area contributed by atoms with Crippen molar-refractivity contribution >= 4 is 17.8 Å². The molecular formula is C14H26N2O4. The number of carbonyl (C=O) groups excluding carboxylic acids is 2. The predicted octanol–water partition coefficient (Wildman–Crippen LogP) is 1.44. The average molecular weight is 286 g/mol. The van der Waals surface area contributed by atoms with Crippen LogP contribution in [0.3, 0.4) is 0 Å². The Morgan fingerprint density at radius 3 is 2.25 bits per heavy atom. The van der Waals surface area contributed by atoms with Crippen molar-refractivity contribution in [2.75, 3.05) is 6.54 Å². The molecule has 0 aromatic rings. The highest BCUT2D eigenvalue weighted by Gasteiger charge is 2.20. The number of amides is 2. The van der Waals surface area contributed by atoms with Gasteiger partial charge in [-0.15, -0.1) is 0 Å². The van der Waals surface area contributed by atoms with Gasteiger partial charge in [0.05, 0.1) is 0 Å². The number of unbranched alkanes of at least 4 members (excludes halogenated alkanes) is 2. The fraction of sp³-hybridized carbons (Fsp3) is 0.786. The summed E-state index contributed by atoms with van der Waals surface area (Å²) in [6.45, 7) is 4.55. The molecule has 116 valence electrons. The van der Waals surface area contributed by atoms with Crippen LogP contribution in [0.15, 0.2) is 0 Å². The van der Waals surface area contributed by atoms with Crippen molar-refractivity contribution < 1.29 is 19.5 Å². The molecule has 0 saturated heterocycles. The van der Waals surface area contributed by atoms with Crippen LogP contribution in [0.4, 0.5) is 0 Å². The summed E-state index contributed by atoms with van der Waals surface area (Å²) in [6, 6.07) is -0.990. The molecule has 6 heteroatoms. The topological polar surface area (TPSA) is 95.5 Å². The maximum absolute atomic E-state index is 11.5. The van der Waals surface area contributed by atoms with Crippen molar-refractivity contribution in [3.63, 3.8) is 0 Å². The predicted molar refractivity (Wildman–Crippen MR) is 76.2 cm³/mol. The van der Waals surface area contributed by atoms with Crippen molar-refractivity contribution in [3.05, 3.63) is 0 Å². The number of carboxylic acid groups (broad SMARTS) is 1. The van der Waals surface area contributed by atoms with Crippen LogP contribution in [0.2, 0.25) is 0 Å². The molecule has 0 spiro atoms. The minimum Gasteiger partial charge on any atom is -0.480 e. The molecule has 0 radical (unpaired) electrons. The van der Waals surface area contributed by atoms with Crippen LogP contribution < -0.4 is 10.6 Å². The van der Waals surface area contributed by atoms with Gasteiger partial charge in [-0.2, -0.15) is 0 Å². The van der Waals surface area contributed by atoms with Gasteiger partial charge in [-0.25, -0.2) is 4.79 Å². The smallest absolute Gasteiger partial charge is 0.326 e. The summed E-state index contributed by atoms with van der Waals surface area (Å²) in [7, 11) is 0. The van der Waals surface area contributed by atoms with Crippen LogP contribution in [0, 0.1) is 0 Å². The molecule has 0 fully saturated rings. The molecule has 0 aromatic heterocycles. The van der Waals surface area contributed by atoms with Gasteiger partial charge in [-0.1, -0.05) is 26.7 Å². The van der Waals surface area contributed by atoms with Crippen LogP contribution in [0.25, 0.3) is 0 Å². The second-order valence-corrected chi connectivity index (χ2v) is 4.80. The van der Waals surface area contributed by atoms with E-state index in [0.717, 1.165) is 19.3 Å². The molecule has 0 saturated carbocycles. The lowest BCUT2D eigenvalue weighted by atomic mass is 10.1. The van der Waals surface area contributed by atoms with E-state index in [2.05, 4.69) is 17.6 Å². The second-order valence-electron chi connectivity index (χ2n) is 4.80. The molecule has 0 aliphatic heterocycles. The summed E-state index contributed by atoms with van der Waals surface area (Å²) in [5, 5.41) is 14.2. The first-order valence-corrected chi connectivity index (χ1v) is 7.30. The number of carbonyl (C=O) groups is 3. The summed E-state index contributed by atoms with van der Waals surface area (Å²) in [4.78, 5) is 33.9. The number of nitrogens with one attached hydrogen (secondary N) is 2. The minimum absolute atomic E-state index is 0.107. The Bertz CT molecular complexity index is 318. The van der Waals surface area contributed by atoms with E-state index < -0.39 is 12.0 Å². The lowest BCUT2D eigenvalue weighted by molar-refractivity contribution is -0.142. The van der Waals surface area contributed by atoms with E-state index in [9.17, 15) is 14.4 Å². The normalized spacial score (nSPS) is 11.7. The Hall–Kier alpha value is -1.59. The van der Waals surface area contributed by atoms with Gasteiger partial charge in [0.25, 0.3) is 0 Å². The van der Waals surface area contributed by atoms with Gasteiger partial charge in [0.15, 0.2) is 0 Å². The molecule has 0 bridgehead atoms. The van der Waals surface area contributed by atoms with Crippen LogP contribution in [-0.4, -0.2) is 35.5 Å². The Labute approximate surface area is 120 Å². The standard InChI is InChI=1S/C14H26N2O4/c1-3-5-6-10-15-12(17)9-8-11(14(19)20)16-13(18)7-4-2/h11H,3-10H2,1-2H3,(H,15,17)(H,16,18)(H,19,20). The first-order chi connectivity index (χ1) is 9.51. The van der Waals surface area contributed by atoms with Gasteiger partial charge in [-0.05, 0) is 19.3 Å². The lowest BCUT2D eigenvalue weighted by Crippen LogP contribution is -2.41. The largest absolute Gasteiger partial charge is 0.480 e. The van der Waals surface area contributed by atoms with Crippen LogP contribution >= 0.6 is 0 Å². The fourth-order valence-electron chi connectivity index (χ4n) is 1.72. The number of rotatable bonds is 11. The van der Waals surface area contributed by atoms with Gasteiger partial charge in [0.1, 0.15) is 6.04 Å².